The Morgan fingerprint density at radius 1 is 1.08 bits per heavy atom. The molecular formula is C22H22N2O2. The van der Waals surface area contributed by atoms with Gasteiger partial charge in [0.2, 0.25) is 5.91 Å². The minimum atomic E-state index is 0.00547. The highest BCUT2D eigenvalue weighted by molar-refractivity contribution is 5.91. The van der Waals surface area contributed by atoms with Crippen LogP contribution in [0, 0.1) is 13.8 Å². The Morgan fingerprint density at radius 3 is 2.58 bits per heavy atom. The molecule has 0 bridgehead atoms. The van der Waals surface area contributed by atoms with Gasteiger partial charge in [0.25, 0.3) is 0 Å². The van der Waals surface area contributed by atoms with Crippen LogP contribution in [0.2, 0.25) is 0 Å². The first-order valence-corrected chi connectivity index (χ1v) is 8.64. The number of hydrogen-bond donors (Lipinski definition) is 1. The third-order valence-electron chi connectivity index (χ3n) is 4.08. The highest BCUT2D eigenvalue weighted by atomic mass is 16.5. The summed E-state index contributed by atoms with van der Waals surface area (Å²) in [5.74, 6) is 1.44. The summed E-state index contributed by atoms with van der Waals surface area (Å²) >= 11 is 0. The highest BCUT2D eigenvalue weighted by Crippen LogP contribution is 2.26. The summed E-state index contributed by atoms with van der Waals surface area (Å²) in [7, 11) is 0. The third-order valence-corrected chi connectivity index (χ3v) is 4.08. The molecule has 0 saturated heterocycles. The largest absolute Gasteiger partial charge is 0.455 e. The molecule has 0 aliphatic rings. The second kappa shape index (κ2) is 8.30. The first-order chi connectivity index (χ1) is 12.6. The average molecular weight is 346 g/mol. The van der Waals surface area contributed by atoms with E-state index >= 15 is 0 Å². The topological polar surface area (TPSA) is 51.2 Å². The molecule has 1 heterocycles. The minimum absolute atomic E-state index is 0.00547. The molecule has 1 aromatic heterocycles. The van der Waals surface area contributed by atoms with Gasteiger partial charge in [-0.2, -0.15) is 0 Å². The van der Waals surface area contributed by atoms with Gasteiger partial charge in [0.1, 0.15) is 11.5 Å². The summed E-state index contributed by atoms with van der Waals surface area (Å²) in [6, 6.07) is 17.6. The number of carbonyl (C=O) groups excluding carboxylic acids is 1. The van der Waals surface area contributed by atoms with E-state index in [4.69, 9.17) is 4.74 Å². The number of aromatic nitrogens is 1. The van der Waals surface area contributed by atoms with Crippen molar-refractivity contribution >= 4 is 11.6 Å². The van der Waals surface area contributed by atoms with Crippen LogP contribution in [0.1, 0.15) is 23.1 Å². The fourth-order valence-electron chi connectivity index (χ4n) is 2.61. The van der Waals surface area contributed by atoms with Crippen LogP contribution in [0.4, 0.5) is 5.69 Å². The molecule has 0 saturated carbocycles. The van der Waals surface area contributed by atoms with E-state index < -0.39 is 0 Å². The number of amides is 1. The Bertz CT molecular complexity index is 874. The molecule has 2 aromatic carbocycles. The third kappa shape index (κ3) is 4.93. The zero-order valence-electron chi connectivity index (χ0n) is 15.0. The summed E-state index contributed by atoms with van der Waals surface area (Å²) < 4.78 is 5.81. The predicted molar refractivity (Wildman–Crippen MR) is 104 cm³/mol. The normalized spacial score (nSPS) is 10.4. The van der Waals surface area contributed by atoms with Gasteiger partial charge in [-0.05, 0) is 61.7 Å². The van der Waals surface area contributed by atoms with E-state index in [1.54, 1.807) is 12.4 Å². The molecule has 0 unspecified atom stereocenters. The molecule has 1 N–H and O–H groups in total. The number of aryl methyl sites for hydroxylation is 3. The zero-order valence-corrected chi connectivity index (χ0v) is 15.0. The van der Waals surface area contributed by atoms with Crippen LogP contribution in [0.5, 0.6) is 11.5 Å². The summed E-state index contributed by atoms with van der Waals surface area (Å²) in [5.41, 5.74) is 4.12. The predicted octanol–water partition coefficient (Wildman–Crippen LogP) is 5.06. The molecule has 4 heteroatoms. The zero-order chi connectivity index (χ0) is 18.4. The van der Waals surface area contributed by atoms with E-state index in [1.807, 2.05) is 37.3 Å². The van der Waals surface area contributed by atoms with Crippen LogP contribution in [-0.2, 0) is 11.2 Å². The molecule has 1 amide bonds. The maximum Gasteiger partial charge on any atom is 0.224 e. The summed E-state index contributed by atoms with van der Waals surface area (Å²) in [6.45, 7) is 4.01. The van der Waals surface area contributed by atoms with Crippen molar-refractivity contribution in [2.75, 3.05) is 5.32 Å². The Morgan fingerprint density at radius 2 is 1.88 bits per heavy atom. The minimum Gasteiger partial charge on any atom is -0.455 e. The number of pyridine rings is 1. The van der Waals surface area contributed by atoms with Crippen molar-refractivity contribution in [2.24, 2.45) is 0 Å². The van der Waals surface area contributed by atoms with Gasteiger partial charge < -0.3 is 10.1 Å². The number of benzene rings is 2. The second-order valence-electron chi connectivity index (χ2n) is 6.30. The van der Waals surface area contributed by atoms with Crippen molar-refractivity contribution in [1.82, 2.24) is 4.98 Å². The van der Waals surface area contributed by atoms with Gasteiger partial charge in [0.15, 0.2) is 0 Å². The molecule has 4 nitrogen and oxygen atoms in total. The van der Waals surface area contributed by atoms with E-state index in [0.29, 0.717) is 12.2 Å². The number of hydrogen-bond acceptors (Lipinski definition) is 3. The van der Waals surface area contributed by atoms with E-state index in [9.17, 15) is 4.79 Å². The Hall–Kier alpha value is -3.14. The smallest absolute Gasteiger partial charge is 0.224 e. The molecule has 0 fully saturated rings. The first kappa shape index (κ1) is 17.7. The maximum atomic E-state index is 12.2. The Labute approximate surface area is 153 Å². The molecule has 0 radical (unpaired) electrons. The average Bonchev–Trinajstić information content (AvgIpc) is 2.64. The first-order valence-electron chi connectivity index (χ1n) is 8.64. The monoisotopic (exact) mass is 346 g/mol. The fraction of sp³-hybridized carbons (Fsp3) is 0.182. The van der Waals surface area contributed by atoms with Crippen LogP contribution >= 0.6 is 0 Å². The molecule has 26 heavy (non-hydrogen) atoms. The van der Waals surface area contributed by atoms with Crippen LogP contribution in [0.3, 0.4) is 0 Å². The molecule has 0 aliphatic carbocycles. The molecule has 132 valence electrons. The van der Waals surface area contributed by atoms with Gasteiger partial charge in [-0.1, -0.05) is 29.8 Å². The Balaban J connectivity index is 1.56. The van der Waals surface area contributed by atoms with Gasteiger partial charge in [-0.3, -0.25) is 9.78 Å². The lowest BCUT2D eigenvalue weighted by Crippen LogP contribution is -2.12. The molecular weight excluding hydrogens is 324 g/mol. The number of nitrogens with one attached hydrogen (secondary N) is 1. The van der Waals surface area contributed by atoms with E-state index in [1.165, 1.54) is 11.1 Å². The fourth-order valence-corrected chi connectivity index (χ4v) is 2.61. The van der Waals surface area contributed by atoms with Gasteiger partial charge in [0.05, 0.1) is 6.20 Å². The van der Waals surface area contributed by atoms with E-state index in [2.05, 4.69) is 41.5 Å². The molecule has 0 spiro atoms. The lowest BCUT2D eigenvalue weighted by atomic mass is 10.1. The van der Waals surface area contributed by atoms with Gasteiger partial charge in [-0.15, -0.1) is 0 Å². The van der Waals surface area contributed by atoms with Crippen molar-refractivity contribution in [1.29, 1.82) is 0 Å². The molecule has 3 rings (SSSR count). The number of nitrogens with zero attached hydrogens (tertiary/aromatic N) is 1. The molecule has 3 aromatic rings. The Kier molecular flexibility index (Phi) is 5.64. The lowest BCUT2D eigenvalue weighted by molar-refractivity contribution is -0.116. The number of anilines is 1. The number of carbonyl (C=O) groups is 1. The van der Waals surface area contributed by atoms with Crippen LogP contribution in [-0.4, -0.2) is 10.9 Å². The number of ether oxygens (including phenoxy) is 1. The van der Waals surface area contributed by atoms with Crippen molar-refractivity contribution in [2.45, 2.75) is 26.7 Å². The van der Waals surface area contributed by atoms with E-state index in [0.717, 1.165) is 23.4 Å². The lowest BCUT2D eigenvalue weighted by Gasteiger charge is -2.11. The van der Waals surface area contributed by atoms with Gasteiger partial charge in [-0.25, -0.2) is 0 Å². The second-order valence-corrected chi connectivity index (χ2v) is 6.30. The maximum absolute atomic E-state index is 12.2. The quantitative estimate of drug-likeness (QED) is 0.678. The summed E-state index contributed by atoms with van der Waals surface area (Å²) in [5, 5.41) is 2.95. The van der Waals surface area contributed by atoms with Crippen molar-refractivity contribution in [3.05, 3.63) is 83.7 Å². The number of rotatable bonds is 6. The van der Waals surface area contributed by atoms with Crippen LogP contribution in [0.25, 0.3) is 0 Å². The summed E-state index contributed by atoms with van der Waals surface area (Å²) in [6.07, 6.45) is 4.55. The van der Waals surface area contributed by atoms with Crippen molar-refractivity contribution in [3.63, 3.8) is 0 Å². The molecule has 0 atom stereocenters. The molecule has 0 aliphatic heterocycles. The van der Waals surface area contributed by atoms with E-state index in [-0.39, 0.29) is 5.91 Å². The van der Waals surface area contributed by atoms with Crippen LogP contribution < -0.4 is 10.1 Å². The summed E-state index contributed by atoms with van der Waals surface area (Å²) in [4.78, 5) is 16.2. The van der Waals surface area contributed by atoms with Crippen LogP contribution in [0.15, 0.2) is 67.0 Å². The van der Waals surface area contributed by atoms with Crippen molar-refractivity contribution in [3.8, 4) is 11.5 Å². The SMILES string of the molecule is Cc1ccc(CCC(=O)Nc2ccc(Oc3cccnc3)c(C)c2)cc1. The van der Waals surface area contributed by atoms with Gasteiger partial charge >= 0.3 is 0 Å². The highest BCUT2D eigenvalue weighted by Gasteiger charge is 2.07. The van der Waals surface area contributed by atoms with Gasteiger partial charge in [0, 0.05) is 18.3 Å². The standard InChI is InChI=1S/C22H22N2O2/c1-16-5-7-18(8-6-16)9-12-22(25)24-19-10-11-21(17(2)14-19)26-20-4-3-13-23-15-20/h3-8,10-11,13-15H,9,12H2,1-2H3,(H,24,25). The van der Waals surface area contributed by atoms with Crippen molar-refractivity contribution < 1.29 is 9.53 Å².